The molecule has 3 atom stereocenters. The minimum absolute atomic E-state index is 0.00841. The van der Waals surface area contributed by atoms with E-state index >= 15 is 0 Å². The maximum Gasteiger partial charge on any atom is 0.166 e. The molecule has 0 aliphatic heterocycles. The first-order valence-electron chi connectivity index (χ1n) is 10.4. The Balaban J connectivity index is 1.63. The molecule has 4 rings (SSSR count). The van der Waals surface area contributed by atoms with Gasteiger partial charge in [-0.25, -0.2) is 4.39 Å². The lowest BCUT2D eigenvalue weighted by atomic mass is 9.83. The number of aliphatic hydroxyl groups is 1. The van der Waals surface area contributed by atoms with Gasteiger partial charge in [-0.05, 0) is 65.8 Å². The summed E-state index contributed by atoms with van der Waals surface area (Å²) in [7, 11) is 0. The second-order valence-electron chi connectivity index (χ2n) is 7.88. The van der Waals surface area contributed by atoms with Gasteiger partial charge in [0, 0.05) is 11.5 Å². The van der Waals surface area contributed by atoms with Gasteiger partial charge < -0.3 is 5.11 Å². The summed E-state index contributed by atoms with van der Waals surface area (Å²) >= 11 is 0. The molecule has 3 aromatic rings. The van der Waals surface area contributed by atoms with E-state index in [0.29, 0.717) is 5.56 Å². The van der Waals surface area contributed by atoms with Gasteiger partial charge >= 0.3 is 0 Å². The van der Waals surface area contributed by atoms with E-state index in [0.717, 1.165) is 36.0 Å². The van der Waals surface area contributed by atoms with E-state index in [1.165, 1.54) is 24.3 Å². The van der Waals surface area contributed by atoms with E-state index in [9.17, 15) is 14.3 Å². The summed E-state index contributed by atoms with van der Waals surface area (Å²) in [5, 5.41) is 11.2. The van der Waals surface area contributed by atoms with E-state index < -0.39 is 6.10 Å². The van der Waals surface area contributed by atoms with Crippen LogP contribution in [0.25, 0.3) is 5.57 Å². The molecule has 0 saturated heterocycles. The van der Waals surface area contributed by atoms with Gasteiger partial charge in [-0.1, -0.05) is 67.1 Å². The molecule has 0 heterocycles. The average Bonchev–Trinajstić information content (AvgIpc) is 3.29. The molecule has 0 aromatic heterocycles. The van der Waals surface area contributed by atoms with Gasteiger partial charge in [0.25, 0.3) is 0 Å². The van der Waals surface area contributed by atoms with E-state index in [1.54, 1.807) is 0 Å². The number of carbonyl (C=O) groups is 1. The number of hydrogen-bond acceptors (Lipinski definition) is 2. The van der Waals surface area contributed by atoms with Crippen LogP contribution in [0.2, 0.25) is 0 Å². The number of benzene rings is 3. The monoisotopic (exact) mass is 400 g/mol. The molecule has 3 aromatic carbocycles. The number of ketones is 1. The lowest BCUT2D eigenvalue weighted by Gasteiger charge is -2.23. The molecular weight excluding hydrogens is 375 g/mol. The Hall–Kier alpha value is -3.04. The summed E-state index contributed by atoms with van der Waals surface area (Å²) in [6, 6.07) is 25.7. The van der Waals surface area contributed by atoms with Crippen molar-refractivity contribution in [2.45, 2.75) is 25.4 Å². The summed E-state index contributed by atoms with van der Waals surface area (Å²) in [4.78, 5) is 13.0. The highest BCUT2D eigenvalue weighted by Gasteiger charge is 2.37. The second kappa shape index (κ2) is 9.19. The highest BCUT2D eigenvalue weighted by molar-refractivity contribution is 5.98. The first-order valence-corrected chi connectivity index (χ1v) is 10.4. The Morgan fingerprint density at radius 3 is 1.97 bits per heavy atom. The lowest BCUT2D eigenvalue weighted by molar-refractivity contribution is 0.0777. The number of aliphatic hydroxyl groups excluding tert-OH is 1. The Bertz CT molecular complexity index is 968. The van der Waals surface area contributed by atoms with E-state index in [1.807, 2.05) is 66.7 Å². The van der Waals surface area contributed by atoms with Crippen molar-refractivity contribution in [3.05, 3.63) is 114 Å². The van der Waals surface area contributed by atoms with Crippen molar-refractivity contribution in [2.24, 2.45) is 11.8 Å². The molecule has 0 radical (unpaired) electrons. The molecule has 1 N–H and O–H groups in total. The normalized spacial score (nSPS) is 19.3. The molecule has 1 saturated carbocycles. The van der Waals surface area contributed by atoms with Gasteiger partial charge in [0.1, 0.15) is 5.82 Å². The van der Waals surface area contributed by atoms with Gasteiger partial charge in [-0.3, -0.25) is 4.79 Å². The molecule has 1 fully saturated rings. The number of rotatable bonds is 6. The molecule has 3 heteroatoms. The van der Waals surface area contributed by atoms with Crippen LogP contribution in [0, 0.1) is 17.7 Å². The fraction of sp³-hybridized carbons (Fsp3) is 0.222. The average molecular weight is 400 g/mol. The van der Waals surface area contributed by atoms with Crippen LogP contribution < -0.4 is 0 Å². The van der Waals surface area contributed by atoms with Gasteiger partial charge in [0.05, 0.1) is 6.10 Å². The predicted molar refractivity (Wildman–Crippen MR) is 118 cm³/mol. The minimum Gasteiger partial charge on any atom is -0.389 e. The Kier molecular flexibility index (Phi) is 6.20. The standard InChI is InChI=1S/C27H25FO2/c28-22-16-14-21(15-17-22)27(30)24-13-7-12-23(24)26(29)18-25(19-8-3-1-4-9-19)20-10-5-2-6-11-20/h1-6,8-11,14-18,23-24,26,29H,7,12-13H2/t23-,24-,26+/m0/s1. The van der Waals surface area contributed by atoms with Crippen LogP contribution in [0.1, 0.15) is 40.7 Å². The van der Waals surface area contributed by atoms with Crippen molar-refractivity contribution in [1.29, 1.82) is 0 Å². The third-order valence-corrected chi connectivity index (χ3v) is 5.98. The molecule has 2 nitrogen and oxygen atoms in total. The van der Waals surface area contributed by atoms with Crippen molar-refractivity contribution >= 4 is 11.4 Å². The van der Waals surface area contributed by atoms with Gasteiger partial charge in [0.2, 0.25) is 0 Å². The minimum atomic E-state index is -0.739. The molecule has 0 unspecified atom stereocenters. The van der Waals surface area contributed by atoms with Crippen LogP contribution in [-0.4, -0.2) is 17.0 Å². The van der Waals surface area contributed by atoms with E-state index in [-0.39, 0.29) is 23.4 Å². The zero-order valence-electron chi connectivity index (χ0n) is 16.7. The van der Waals surface area contributed by atoms with Crippen molar-refractivity contribution < 1.29 is 14.3 Å². The highest BCUT2D eigenvalue weighted by atomic mass is 19.1. The third-order valence-electron chi connectivity index (χ3n) is 5.98. The second-order valence-corrected chi connectivity index (χ2v) is 7.88. The first kappa shape index (κ1) is 20.2. The van der Waals surface area contributed by atoms with Crippen LogP contribution in [-0.2, 0) is 0 Å². The number of carbonyl (C=O) groups excluding carboxylic acids is 1. The summed E-state index contributed by atoms with van der Waals surface area (Å²) in [5.74, 6) is -0.765. The summed E-state index contributed by atoms with van der Waals surface area (Å²) in [6.07, 6.45) is 3.60. The fourth-order valence-corrected chi connectivity index (χ4v) is 4.44. The summed E-state index contributed by atoms with van der Waals surface area (Å²) in [6.45, 7) is 0. The van der Waals surface area contributed by atoms with Gasteiger partial charge in [-0.2, -0.15) is 0 Å². The van der Waals surface area contributed by atoms with Crippen LogP contribution in [0.5, 0.6) is 0 Å². The quantitative estimate of drug-likeness (QED) is 0.522. The number of hydrogen-bond donors (Lipinski definition) is 1. The van der Waals surface area contributed by atoms with E-state index in [2.05, 4.69) is 0 Å². The Morgan fingerprint density at radius 2 is 1.40 bits per heavy atom. The zero-order valence-corrected chi connectivity index (χ0v) is 16.7. The molecule has 152 valence electrons. The zero-order chi connectivity index (χ0) is 20.9. The Labute approximate surface area is 176 Å². The molecule has 0 amide bonds. The maximum absolute atomic E-state index is 13.2. The fourth-order valence-electron chi connectivity index (χ4n) is 4.44. The van der Waals surface area contributed by atoms with E-state index in [4.69, 9.17) is 0 Å². The highest BCUT2D eigenvalue weighted by Crippen LogP contribution is 2.38. The van der Waals surface area contributed by atoms with Crippen LogP contribution in [0.4, 0.5) is 4.39 Å². The molecule has 30 heavy (non-hydrogen) atoms. The SMILES string of the molecule is O=C(c1ccc(F)cc1)[C@H]1CCC[C@@H]1[C@H](O)C=C(c1ccccc1)c1ccccc1. The van der Waals surface area contributed by atoms with Gasteiger partial charge in [0.15, 0.2) is 5.78 Å². The largest absolute Gasteiger partial charge is 0.389 e. The molecule has 1 aliphatic rings. The Morgan fingerprint density at radius 1 is 0.833 bits per heavy atom. The van der Waals surface area contributed by atoms with Gasteiger partial charge in [-0.15, -0.1) is 0 Å². The van der Waals surface area contributed by atoms with Crippen molar-refractivity contribution in [1.82, 2.24) is 0 Å². The molecule has 0 bridgehead atoms. The smallest absolute Gasteiger partial charge is 0.166 e. The van der Waals surface area contributed by atoms with Crippen LogP contribution >= 0.6 is 0 Å². The van der Waals surface area contributed by atoms with Crippen LogP contribution in [0.3, 0.4) is 0 Å². The van der Waals surface area contributed by atoms with Crippen molar-refractivity contribution in [2.75, 3.05) is 0 Å². The lowest BCUT2D eigenvalue weighted by Crippen LogP contribution is -2.28. The first-order chi connectivity index (χ1) is 14.6. The number of halogens is 1. The molecule has 0 spiro atoms. The third kappa shape index (κ3) is 4.42. The summed E-state index contributed by atoms with van der Waals surface area (Å²) < 4.78 is 13.2. The topological polar surface area (TPSA) is 37.3 Å². The molecule has 1 aliphatic carbocycles. The predicted octanol–water partition coefficient (Wildman–Crippen LogP) is 5.92. The van der Waals surface area contributed by atoms with Crippen molar-refractivity contribution in [3.8, 4) is 0 Å². The molecular formula is C27H25FO2. The number of Topliss-reactive ketones (excluding diaryl/α,β-unsaturated/α-hetero) is 1. The maximum atomic E-state index is 13.2. The van der Waals surface area contributed by atoms with Crippen molar-refractivity contribution in [3.63, 3.8) is 0 Å². The van der Waals surface area contributed by atoms with Crippen LogP contribution in [0.15, 0.2) is 91.0 Å². The summed E-state index contributed by atoms with van der Waals surface area (Å²) in [5.41, 5.74) is 3.53.